The van der Waals surface area contributed by atoms with E-state index in [1.807, 2.05) is 60.4 Å². The number of hydrogen-bond donors (Lipinski definition) is 0. The molecule has 0 bridgehead atoms. The highest BCUT2D eigenvalue weighted by Crippen LogP contribution is 2.52. The molecule has 0 spiro atoms. The molecular weight excluding hydrogens is 465 g/mol. The summed E-state index contributed by atoms with van der Waals surface area (Å²) in [5.74, 6) is 0.859. The van der Waals surface area contributed by atoms with Crippen molar-refractivity contribution in [2.75, 3.05) is 0 Å². The summed E-state index contributed by atoms with van der Waals surface area (Å²) in [6.45, 7) is 5.98. The third-order valence-electron chi connectivity index (χ3n) is 7.55. The number of rotatable bonds is 10. The number of amides is 1. The maximum atomic E-state index is 14.2. The van der Waals surface area contributed by atoms with E-state index < -0.39 is 5.41 Å². The summed E-state index contributed by atoms with van der Waals surface area (Å²) in [5.41, 5.74) is 1.54. The Bertz CT molecular complexity index is 1030. The summed E-state index contributed by atoms with van der Waals surface area (Å²) in [4.78, 5) is 28.1. The highest BCUT2D eigenvalue weighted by atomic mass is 35.5. The van der Waals surface area contributed by atoms with Gasteiger partial charge in [-0.2, -0.15) is 0 Å². The Morgan fingerprint density at radius 3 is 2.47 bits per heavy atom. The van der Waals surface area contributed by atoms with Crippen LogP contribution >= 0.6 is 23.2 Å². The van der Waals surface area contributed by atoms with E-state index in [0.29, 0.717) is 29.3 Å². The predicted molar refractivity (Wildman–Crippen MR) is 139 cm³/mol. The van der Waals surface area contributed by atoms with E-state index in [4.69, 9.17) is 23.2 Å². The van der Waals surface area contributed by atoms with Gasteiger partial charge < -0.3 is 9.69 Å². The fraction of sp³-hybridized carbons (Fsp3) is 0.448. The fourth-order valence-electron chi connectivity index (χ4n) is 5.60. The van der Waals surface area contributed by atoms with Crippen molar-refractivity contribution >= 4 is 35.4 Å². The zero-order chi connectivity index (χ0) is 24.3. The third kappa shape index (κ3) is 5.42. The normalized spacial score (nSPS) is 25.7. The van der Waals surface area contributed by atoms with Crippen LogP contribution in [-0.2, 0) is 9.59 Å². The molecule has 1 saturated carbocycles. The van der Waals surface area contributed by atoms with E-state index in [2.05, 4.69) is 12.6 Å². The second-order valence-electron chi connectivity index (χ2n) is 10.2. The van der Waals surface area contributed by atoms with Gasteiger partial charge in [-0.15, -0.1) is 6.58 Å². The topological polar surface area (TPSA) is 37.4 Å². The highest BCUT2D eigenvalue weighted by Gasteiger charge is 2.51. The second kappa shape index (κ2) is 10.7. The van der Waals surface area contributed by atoms with Crippen molar-refractivity contribution in [2.24, 2.45) is 11.3 Å². The molecule has 0 unspecified atom stereocenters. The van der Waals surface area contributed by atoms with Crippen molar-refractivity contribution in [2.45, 2.75) is 69.9 Å². The quantitative estimate of drug-likeness (QED) is 0.248. The maximum Gasteiger partial charge on any atom is 0.229 e. The van der Waals surface area contributed by atoms with Gasteiger partial charge in [-0.3, -0.25) is 4.79 Å². The van der Waals surface area contributed by atoms with Gasteiger partial charge in [0.15, 0.2) is 0 Å². The lowest BCUT2D eigenvalue weighted by molar-refractivity contribution is -0.155. The summed E-state index contributed by atoms with van der Waals surface area (Å²) < 4.78 is 0. The summed E-state index contributed by atoms with van der Waals surface area (Å²) >= 11 is 12.6. The Balaban J connectivity index is 1.85. The fourth-order valence-corrected chi connectivity index (χ4v) is 5.93. The number of aldehydes is 1. The van der Waals surface area contributed by atoms with Crippen LogP contribution in [0.1, 0.15) is 75.0 Å². The molecule has 2 aromatic rings. The van der Waals surface area contributed by atoms with E-state index in [0.717, 1.165) is 36.2 Å². The minimum Gasteiger partial charge on any atom is -0.331 e. The molecule has 1 amide bonds. The Kier molecular flexibility index (Phi) is 7.84. The van der Waals surface area contributed by atoms with Gasteiger partial charge >= 0.3 is 0 Å². The van der Waals surface area contributed by atoms with E-state index >= 15 is 0 Å². The molecule has 34 heavy (non-hydrogen) atoms. The Hall–Kier alpha value is -2.10. The van der Waals surface area contributed by atoms with Crippen LogP contribution in [0.3, 0.4) is 0 Å². The van der Waals surface area contributed by atoms with Crippen molar-refractivity contribution in [1.29, 1.82) is 0 Å². The average Bonchev–Trinajstić information content (AvgIpc) is 3.64. The Morgan fingerprint density at radius 2 is 1.85 bits per heavy atom. The van der Waals surface area contributed by atoms with Crippen LogP contribution in [0.5, 0.6) is 0 Å². The van der Waals surface area contributed by atoms with Crippen LogP contribution in [-0.4, -0.2) is 23.1 Å². The summed E-state index contributed by atoms with van der Waals surface area (Å²) in [7, 11) is 0. The molecule has 2 aromatic carbocycles. The van der Waals surface area contributed by atoms with Crippen molar-refractivity contribution < 1.29 is 9.59 Å². The largest absolute Gasteiger partial charge is 0.331 e. The molecule has 1 heterocycles. The summed E-state index contributed by atoms with van der Waals surface area (Å²) in [6.07, 6.45) is 8.81. The average molecular weight is 498 g/mol. The van der Waals surface area contributed by atoms with Crippen molar-refractivity contribution in [3.8, 4) is 0 Å². The molecule has 1 saturated heterocycles. The number of likely N-dealkylation sites (tertiary alicyclic amines) is 1. The van der Waals surface area contributed by atoms with Gasteiger partial charge in [0, 0.05) is 28.4 Å². The zero-order valence-electron chi connectivity index (χ0n) is 19.8. The van der Waals surface area contributed by atoms with Gasteiger partial charge in [-0.05, 0) is 67.0 Å². The number of carbonyl (C=O) groups excluding carboxylic acids is 2. The number of piperidine rings is 1. The first-order chi connectivity index (χ1) is 16.4. The molecule has 4 rings (SSSR count). The van der Waals surface area contributed by atoms with Gasteiger partial charge in [-0.25, -0.2) is 0 Å². The molecule has 5 heteroatoms. The van der Waals surface area contributed by atoms with Crippen molar-refractivity contribution in [1.82, 2.24) is 4.90 Å². The van der Waals surface area contributed by atoms with Crippen LogP contribution in [0.2, 0.25) is 10.0 Å². The molecule has 4 atom stereocenters. The van der Waals surface area contributed by atoms with Crippen LogP contribution in [0.15, 0.2) is 61.2 Å². The Labute approximate surface area is 213 Å². The standard InChI is InChI=1S/C29H33Cl2NO2/c1-3-16-29(2)19-26(22-5-4-6-24(31)18-22)27(21-10-12-23(30)13-11-21)32(28(29)34)25(15-17-33)14-9-20-7-8-20/h3-6,10-13,17-18,20,25-27H,1,7-9,14-16,19H2,2H3/t25-,26+,27+,29-/m0/s1. The van der Waals surface area contributed by atoms with Crippen LogP contribution in [0.4, 0.5) is 0 Å². The number of nitrogens with zero attached hydrogens (tertiary/aromatic N) is 1. The van der Waals surface area contributed by atoms with E-state index in [1.165, 1.54) is 12.8 Å². The SMILES string of the molecule is C=CC[C@@]1(C)C[C@H](c2cccc(Cl)c2)[C@@H](c2ccc(Cl)cc2)N([C@H](CC=O)CCC2CC2)C1=O. The molecular formula is C29H33Cl2NO2. The maximum absolute atomic E-state index is 14.2. The smallest absolute Gasteiger partial charge is 0.229 e. The molecule has 3 nitrogen and oxygen atoms in total. The number of allylic oxidation sites excluding steroid dienone is 1. The lowest BCUT2D eigenvalue weighted by Gasteiger charge is -2.52. The van der Waals surface area contributed by atoms with E-state index in [9.17, 15) is 9.59 Å². The Morgan fingerprint density at radius 1 is 1.12 bits per heavy atom. The van der Waals surface area contributed by atoms with Gasteiger partial charge in [0.25, 0.3) is 0 Å². The van der Waals surface area contributed by atoms with Gasteiger partial charge in [0.1, 0.15) is 6.29 Å². The lowest BCUT2D eigenvalue weighted by Crippen LogP contribution is -2.55. The molecule has 1 aliphatic carbocycles. The molecule has 0 N–H and O–H groups in total. The first kappa shape index (κ1) is 25.0. The predicted octanol–water partition coefficient (Wildman–Crippen LogP) is 7.78. The highest BCUT2D eigenvalue weighted by molar-refractivity contribution is 6.30. The van der Waals surface area contributed by atoms with Gasteiger partial charge in [0.2, 0.25) is 5.91 Å². The van der Waals surface area contributed by atoms with E-state index in [-0.39, 0.29) is 23.9 Å². The van der Waals surface area contributed by atoms with Crippen molar-refractivity contribution in [3.05, 3.63) is 82.4 Å². The summed E-state index contributed by atoms with van der Waals surface area (Å²) in [6, 6.07) is 15.4. The third-order valence-corrected chi connectivity index (χ3v) is 8.04. The monoisotopic (exact) mass is 497 g/mol. The number of hydrogen-bond acceptors (Lipinski definition) is 2. The van der Waals surface area contributed by atoms with Crippen LogP contribution < -0.4 is 0 Å². The molecule has 1 aliphatic heterocycles. The molecule has 180 valence electrons. The van der Waals surface area contributed by atoms with Crippen molar-refractivity contribution in [3.63, 3.8) is 0 Å². The minimum absolute atomic E-state index is 0.0256. The second-order valence-corrected chi connectivity index (χ2v) is 11.1. The van der Waals surface area contributed by atoms with Gasteiger partial charge in [0.05, 0.1) is 11.5 Å². The van der Waals surface area contributed by atoms with Crippen LogP contribution in [0, 0.1) is 11.3 Å². The molecule has 0 radical (unpaired) electrons. The summed E-state index contributed by atoms with van der Waals surface area (Å²) in [5, 5.41) is 1.34. The number of benzene rings is 2. The van der Waals surface area contributed by atoms with E-state index in [1.54, 1.807) is 0 Å². The number of halogens is 2. The molecule has 0 aromatic heterocycles. The lowest BCUT2D eigenvalue weighted by atomic mass is 9.67. The van der Waals surface area contributed by atoms with Gasteiger partial charge in [-0.1, -0.05) is 73.3 Å². The molecule has 2 aliphatic rings. The first-order valence-corrected chi connectivity index (χ1v) is 13.0. The molecule has 2 fully saturated rings. The minimum atomic E-state index is -0.599. The van der Waals surface area contributed by atoms with Crippen LogP contribution in [0.25, 0.3) is 0 Å². The zero-order valence-corrected chi connectivity index (χ0v) is 21.3. The first-order valence-electron chi connectivity index (χ1n) is 12.2. The number of carbonyl (C=O) groups is 2.